The van der Waals surface area contributed by atoms with Crippen molar-refractivity contribution in [3.63, 3.8) is 0 Å². The third kappa shape index (κ3) is 5.65. The van der Waals surface area contributed by atoms with E-state index in [0.717, 1.165) is 0 Å². The molecule has 3 aromatic rings. The molecule has 3 amide bonds. The van der Waals surface area contributed by atoms with Crippen LogP contribution in [0.4, 0.5) is 17.1 Å². The van der Waals surface area contributed by atoms with Crippen molar-refractivity contribution in [1.29, 1.82) is 0 Å². The van der Waals surface area contributed by atoms with Crippen LogP contribution in [-0.2, 0) is 14.4 Å². The van der Waals surface area contributed by atoms with Crippen molar-refractivity contribution in [3.8, 4) is 5.75 Å². The second-order valence-corrected chi connectivity index (χ2v) is 8.55. The molecule has 0 fully saturated rings. The van der Waals surface area contributed by atoms with Gasteiger partial charge in [-0.15, -0.1) is 0 Å². The minimum atomic E-state index is -1.05. The molecule has 1 atom stereocenters. The number of carbonyl (C=O) groups is 3. The van der Waals surface area contributed by atoms with E-state index < -0.39 is 23.8 Å². The highest BCUT2D eigenvalue weighted by atomic mass is 35.5. The maximum atomic E-state index is 13.3. The monoisotopic (exact) mass is 509 g/mol. The number of benzene rings is 3. The molecule has 4 rings (SSSR count). The van der Waals surface area contributed by atoms with Crippen molar-refractivity contribution in [2.75, 3.05) is 22.6 Å². The molecule has 1 aliphatic heterocycles. The Hall–Kier alpha value is -3.81. The SMILES string of the molecule is COc1ccc(NC(=O)C[C@@H]2C(=O)Nc3ccccc3N2C(=O)/C=C/c2ccc(Cl)cc2Cl)cc1. The summed E-state index contributed by atoms with van der Waals surface area (Å²) in [6, 6.07) is 17.6. The Kier molecular flexibility index (Phi) is 7.39. The maximum Gasteiger partial charge on any atom is 0.251 e. The van der Waals surface area contributed by atoms with Gasteiger partial charge in [0.25, 0.3) is 5.91 Å². The molecule has 2 N–H and O–H groups in total. The molecule has 1 heterocycles. The van der Waals surface area contributed by atoms with Crippen LogP contribution in [0.15, 0.2) is 72.8 Å². The number of fused-ring (bicyclic) bond motifs is 1. The maximum absolute atomic E-state index is 13.3. The highest BCUT2D eigenvalue weighted by Gasteiger charge is 2.37. The first-order chi connectivity index (χ1) is 16.9. The van der Waals surface area contributed by atoms with Gasteiger partial charge in [0.15, 0.2) is 0 Å². The molecule has 9 heteroatoms. The molecule has 0 aromatic heterocycles. The Labute approximate surface area is 212 Å². The summed E-state index contributed by atoms with van der Waals surface area (Å²) < 4.78 is 5.12. The quantitative estimate of drug-likeness (QED) is 0.435. The Morgan fingerprint density at radius 2 is 1.83 bits per heavy atom. The van der Waals surface area contributed by atoms with Crippen LogP contribution in [0.3, 0.4) is 0 Å². The number of amides is 3. The van der Waals surface area contributed by atoms with Crippen LogP contribution in [0.5, 0.6) is 5.75 Å². The highest BCUT2D eigenvalue weighted by molar-refractivity contribution is 6.35. The van der Waals surface area contributed by atoms with Gasteiger partial charge in [0.1, 0.15) is 11.8 Å². The molecular weight excluding hydrogens is 489 g/mol. The Bertz CT molecular complexity index is 1310. The first-order valence-corrected chi connectivity index (χ1v) is 11.4. The summed E-state index contributed by atoms with van der Waals surface area (Å²) in [6.45, 7) is 0. The molecule has 1 aliphatic rings. The van der Waals surface area contributed by atoms with Crippen molar-refractivity contribution < 1.29 is 19.1 Å². The number of anilines is 3. The number of hydrogen-bond donors (Lipinski definition) is 2. The van der Waals surface area contributed by atoms with Gasteiger partial charge in [0.2, 0.25) is 11.8 Å². The van der Waals surface area contributed by atoms with Gasteiger partial charge < -0.3 is 15.4 Å². The van der Waals surface area contributed by atoms with Crippen molar-refractivity contribution >= 4 is 64.1 Å². The molecule has 0 bridgehead atoms. The largest absolute Gasteiger partial charge is 0.497 e. The molecule has 178 valence electrons. The Balaban J connectivity index is 1.59. The molecule has 35 heavy (non-hydrogen) atoms. The van der Waals surface area contributed by atoms with Crippen LogP contribution in [0.25, 0.3) is 6.08 Å². The van der Waals surface area contributed by atoms with Crippen LogP contribution in [-0.4, -0.2) is 30.9 Å². The highest BCUT2D eigenvalue weighted by Crippen LogP contribution is 2.33. The minimum Gasteiger partial charge on any atom is -0.497 e. The van der Waals surface area contributed by atoms with E-state index in [1.807, 2.05) is 0 Å². The van der Waals surface area contributed by atoms with Gasteiger partial charge in [-0.1, -0.05) is 41.4 Å². The average molecular weight is 510 g/mol. The van der Waals surface area contributed by atoms with E-state index in [0.29, 0.717) is 38.4 Å². The second kappa shape index (κ2) is 10.6. The first kappa shape index (κ1) is 24.3. The van der Waals surface area contributed by atoms with Crippen LogP contribution in [0.1, 0.15) is 12.0 Å². The summed E-state index contributed by atoms with van der Waals surface area (Å²) in [6.07, 6.45) is 2.62. The van der Waals surface area contributed by atoms with Crippen LogP contribution < -0.4 is 20.3 Å². The third-order valence-electron chi connectivity index (χ3n) is 5.39. The van der Waals surface area contributed by atoms with E-state index in [4.69, 9.17) is 27.9 Å². The topological polar surface area (TPSA) is 87.7 Å². The number of hydrogen-bond acceptors (Lipinski definition) is 4. The number of carbonyl (C=O) groups excluding carboxylic acids is 3. The van der Waals surface area contributed by atoms with E-state index in [1.165, 1.54) is 11.0 Å². The number of para-hydroxylation sites is 2. The zero-order valence-corrected chi connectivity index (χ0v) is 20.1. The molecule has 3 aromatic carbocycles. The molecule has 0 saturated heterocycles. The number of rotatable bonds is 6. The van der Waals surface area contributed by atoms with Gasteiger partial charge in [-0.2, -0.15) is 0 Å². The number of halogens is 2. The lowest BCUT2D eigenvalue weighted by atomic mass is 10.0. The third-order valence-corrected chi connectivity index (χ3v) is 5.96. The summed E-state index contributed by atoms with van der Waals surface area (Å²) in [7, 11) is 1.55. The van der Waals surface area contributed by atoms with Crippen LogP contribution in [0.2, 0.25) is 10.0 Å². The van der Waals surface area contributed by atoms with Crippen molar-refractivity contribution in [3.05, 3.63) is 88.4 Å². The molecule has 0 unspecified atom stereocenters. The van der Waals surface area contributed by atoms with E-state index in [2.05, 4.69) is 10.6 Å². The summed E-state index contributed by atoms with van der Waals surface area (Å²) in [5.41, 5.74) is 2.11. The molecule has 7 nitrogen and oxygen atoms in total. The fraction of sp³-hybridized carbons (Fsp3) is 0.115. The lowest BCUT2D eigenvalue weighted by molar-refractivity contribution is -0.124. The zero-order valence-electron chi connectivity index (χ0n) is 18.6. The van der Waals surface area contributed by atoms with E-state index >= 15 is 0 Å². The summed E-state index contributed by atoms with van der Waals surface area (Å²) >= 11 is 12.2. The van der Waals surface area contributed by atoms with Gasteiger partial charge >= 0.3 is 0 Å². The lowest BCUT2D eigenvalue weighted by Gasteiger charge is -2.35. The number of nitrogens with zero attached hydrogens (tertiary/aromatic N) is 1. The van der Waals surface area contributed by atoms with Gasteiger partial charge in [0.05, 0.1) is 24.9 Å². The predicted molar refractivity (Wildman–Crippen MR) is 138 cm³/mol. The van der Waals surface area contributed by atoms with Crippen LogP contribution in [0, 0.1) is 0 Å². The average Bonchev–Trinajstić information content (AvgIpc) is 2.84. The van der Waals surface area contributed by atoms with E-state index in [-0.39, 0.29) is 6.42 Å². The van der Waals surface area contributed by atoms with Gasteiger partial charge in [-0.3, -0.25) is 19.3 Å². The van der Waals surface area contributed by atoms with Gasteiger partial charge in [-0.25, -0.2) is 0 Å². The fourth-order valence-electron chi connectivity index (χ4n) is 3.69. The molecule has 0 spiro atoms. The molecule has 0 aliphatic carbocycles. The van der Waals surface area contributed by atoms with Gasteiger partial charge in [-0.05, 0) is 60.2 Å². The van der Waals surface area contributed by atoms with Crippen LogP contribution >= 0.6 is 23.2 Å². The van der Waals surface area contributed by atoms with Gasteiger partial charge in [0, 0.05) is 21.8 Å². The summed E-state index contributed by atoms with van der Waals surface area (Å²) in [5.74, 6) is -0.701. The zero-order chi connectivity index (χ0) is 24.9. The standard InChI is InChI=1S/C26H21Cl2N3O4/c1-35-19-11-9-18(10-12-19)29-24(32)15-23-26(34)30-21-4-2-3-5-22(21)31(23)25(33)13-7-16-6-8-17(27)14-20(16)28/h2-14,23H,15H2,1H3,(H,29,32)(H,30,34)/b13-7+/t23-/m1/s1. The fourth-order valence-corrected chi connectivity index (χ4v) is 4.16. The Morgan fingerprint density at radius 1 is 1.09 bits per heavy atom. The molecule has 0 radical (unpaired) electrons. The van der Waals surface area contributed by atoms with Crippen molar-refractivity contribution in [2.24, 2.45) is 0 Å². The minimum absolute atomic E-state index is 0.243. The van der Waals surface area contributed by atoms with E-state index in [9.17, 15) is 14.4 Å². The number of ether oxygens (including phenoxy) is 1. The molecular formula is C26H21Cl2N3O4. The number of nitrogens with one attached hydrogen (secondary N) is 2. The van der Waals surface area contributed by atoms with Crippen molar-refractivity contribution in [2.45, 2.75) is 12.5 Å². The second-order valence-electron chi connectivity index (χ2n) is 7.71. The predicted octanol–water partition coefficient (Wildman–Crippen LogP) is 5.40. The Morgan fingerprint density at radius 3 is 2.54 bits per heavy atom. The van der Waals surface area contributed by atoms with Crippen molar-refractivity contribution in [1.82, 2.24) is 0 Å². The number of methoxy groups -OCH3 is 1. The smallest absolute Gasteiger partial charge is 0.251 e. The summed E-state index contributed by atoms with van der Waals surface area (Å²) in [5, 5.41) is 6.39. The summed E-state index contributed by atoms with van der Waals surface area (Å²) in [4.78, 5) is 40.4. The molecule has 0 saturated carbocycles. The van der Waals surface area contributed by atoms with E-state index in [1.54, 1.807) is 79.9 Å². The normalized spacial score (nSPS) is 14.9. The first-order valence-electron chi connectivity index (χ1n) is 10.7. The lowest BCUT2D eigenvalue weighted by Crippen LogP contribution is -2.52.